The van der Waals surface area contributed by atoms with Gasteiger partial charge in [0.25, 0.3) is 11.5 Å². The van der Waals surface area contributed by atoms with E-state index in [9.17, 15) is 9.59 Å². The molecular formula is C25H27N3O3S. The molecule has 7 heteroatoms. The standard InChI is InChI=1S/C25H27N3O3S/c1-27(2)15-9-14-26-24(29)23-21(31-16-17-10-5-4-6-11-17)20-22(32-23)18-12-7-8-13-19(18)28(3)25(20)30/h4-8,10-13H,9,14-16H2,1-3H3,(H,26,29). The minimum absolute atomic E-state index is 0.162. The lowest BCUT2D eigenvalue weighted by Gasteiger charge is -2.11. The predicted molar refractivity (Wildman–Crippen MR) is 131 cm³/mol. The number of thiophene rings is 1. The zero-order valence-corrected chi connectivity index (χ0v) is 19.4. The Morgan fingerprint density at radius 1 is 1.09 bits per heavy atom. The van der Waals surface area contributed by atoms with E-state index in [1.54, 1.807) is 11.6 Å². The quantitative estimate of drug-likeness (QED) is 0.413. The Morgan fingerprint density at radius 3 is 2.56 bits per heavy atom. The summed E-state index contributed by atoms with van der Waals surface area (Å²) >= 11 is 1.32. The van der Waals surface area contributed by atoms with Crippen LogP contribution in [-0.2, 0) is 13.7 Å². The predicted octanol–water partition coefficient (Wildman–Crippen LogP) is 4.01. The summed E-state index contributed by atoms with van der Waals surface area (Å²) in [6, 6.07) is 17.5. The summed E-state index contributed by atoms with van der Waals surface area (Å²) in [7, 11) is 5.76. The number of rotatable bonds is 8. The van der Waals surface area contributed by atoms with Crippen LogP contribution in [0.15, 0.2) is 59.4 Å². The number of nitrogens with one attached hydrogen (secondary N) is 1. The highest BCUT2D eigenvalue weighted by Gasteiger charge is 2.24. The van der Waals surface area contributed by atoms with Gasteiger partial charge in [-0.1, -0.05) is 48.5 Å². The number of carbonyl (C=O) groups is 1. The van der Waals surface area contributed by atoms with Crippen molar-refractivity contribution in [1.29, 1.82) is 0 Å². The fraction of sp³-hybridized carbons (Fsp3) is 0.280. The number of hydrogen-bond donors (Lipinski definition) is 1. The molecule has 6 nitrogen and oxygen atoms in total. The van der Waals surface area contributed by atoms with Crippen LogP contribution in [0.4, 0.5) is 0 Å². The van der Waals surface area contributed by atoms with Crippen LogP contribution in [0.1, 0.15) is 21.7 Å². The lowest BCUT2D eigenvalue weighted by atomic mass is 10.1. The van der Waals surface area contributed by atoms with Gasteiger partial charge in [0.1, 0.15) is 16.9 Å². The Morgan fingerprint density at radius 2 is 1.81 bits per heavy atom. The number of fused-ring (bicyclic) bond motifs is 3. The van der Waals surface area contributed by atoms with Crippen molar-refractivity contribution in [2.45, 2.75) is 13.0 Å². The molecule has 2 aromatic heterocycles. The maximum Gasteiger partial charge on any atom is 0.265 e. The molecule has 32 heavy (non-hydrogen) atoms. The number of para-hydroxylation sites is 1. The van der Waals surface area contributed by atoms with Crippen molar-refractivity contribution in [1.82, 2.24) is 14.8 Å². The van der Waals surface area contributed by atoms with Gasteiger partial charge in [-0.3, -0.25) is 9.59 Å². The third kappa shape index (κ3) is 4.40. The first-order chi connectivity index (χ1) is 15.5. The molecule has 0 fully saturated rings. The molecule has 0 radical (unpaired) electrons. The fourth-order valence-electron chi connectivity index (χ4n) is 3.73. The number of hydrogen-bond acceptors (Lipinski definition) is 5. The highest BCUT2D eigenvalue weighted by atomic mass is 32.1. The zero-order chi connectivity index (χ0) is 22.7. The zero-order valence-electron chi connectivity index (χ0n) is 18.6. The van der Waals surface area contributed by atoms with Crippen LogP contribution in [0.3, 0.4) is 0 Å². The summed E-state index contributed by atoms with van der Waals surface area (Å²) in [6.45, 7) is 1.72. The third-order valence-electron chi connectivity index (χ3n) is 5.39. The summed E-state index contributed by atoms with van der Waals surface area (Å²) < 4.78 is 8.56. The van der Waals surface area contributed by atoms with Crippen LogP contribution in [0.5, 0.6) is 5.75 Å². The lowest BCUT2D eigenvalue weighted by molar-refractivity contribution is 0.0952. The number of carbonyl (C=O) groups excluding carboxylic acids is 1. The summed E-state index contributed by atoms with van der Waals surface area (Å²) in [4.78, 5) is 28.9. The van der Waals surface area contributed by atoms with E-state index in [1.807, 2.05) is 68.7 Å². The first kappa shape index (κ1) is 22.0. The molecule has 0 aliphatic carbocycles. The van der Waals surface area contributed by atoms with Gasteiger partial charge in [0.05, 0.1) is 10.2 Å². The Bertz CT molecular complexity index is 1310. The smallest absolute Gasteiger partial charge is 0.265 e. The number of aryl methyl sites for hydroxylation is 1. The van der Waals surface area contributed by atoms with Crippen molar-refractivity contribution in [3.8, 4) is 5.75 Å². The van der Waals surface area contributed by atoms with Crippen molar-refractivity contribution in [2.24, 2.45) is 7.05 Å². The minimum atomic E-state index is -0.209. The van der Waals surface area contributed by atoms with E-state index in [0.29, 0.717) is 22.6 Å². The van der Waals surface area contributed by atoms with Crippen molar-refractivity contribution in [3.63, 3.8) is 0 Å². The molecule has 0 aliphatic heterocycles. The normalized spacial score (nSPS) is 11.4. The third-order valence-corrected chi connectivity index (χ3v) is 6.60. The summed E-state index contributed by atoms with van der Waals surface area (Å²) in [5.74, 6) is 0.157. The largest absolute Gasteiger partial charge is 0.486 e. The van der Waals surface area contributed by atoms with Gasteiger partial charge >= 0.3 is 0 Å². The molecule has 1 amide bonds. The van der Waals surface area contributed by atoms with E-state index in [1.165, 1.54) is 11.3 Å². The molecular weight excluding hydrogens is 422 g/mol. The molecule has 0 aliphatic rings. The molecule has 1 N–H and O–H groups in total. The van der Waals surface area contributed by atoms with Gasteiger partial charge < -0.3 is 19.5 Å². The summed E-state index contributed by atoms with van der Waals surface area (Å²) in [5.41, 5.74) is 1.64. The molecule has 0 saturated heterocycles. The molecule has 2 aromatic carbocycles. The second-order valence-corrected chi connectivity index (χ2v) is 9.05. The van der Waals surface area contributed by atoms with Gasteiger partial charge in [-0.15, -0.1) is 11.3 Å². The van der Waals surface area contributed by atoms with E-state index < -0.39 is 0 Å². The van der Waals surface area contributed by atoms with Gasteiger partial charge in [-0.25, -0.2) is 0 Å². The highest BCUT2D eigenvalue weighted by Crippen LogP contribution is 2.39. The van der Waals surface area contributed by atoms with E-state index in [2.05, 4.69) is 10.2 Å². The number of ether oxygens (including phenoxy) is 1. The Balaban J connectivity index is 1.78. The molecule has 0 spiro atoms. The molecule has 0 unspecified atom stereocenters. The second-order valence-electron chi connectivity index (χ2n) is 8.03. The number of amides is 1. The van der Waals surface area contributed by atoms with Gasteiger partial charge in [-0.05, 0) is 38.7 Å². The monoisotopic (exact) mass is 449 g/mol. The second kappa shape index (κ2) is 9.54. The van der Waals surface area contributed by atoms with E-state index >= 15 is 0 Å². The number of pyridine rings is 1. The molecule has 166 valence electrons. The first-order valence-electron chi connectivity index (χ1n) is 10.6. The number of nitrogens with zero attached hydrogens (tertiary/aromatic N) is 2. The SMILES string of the molecule is CN(C)CCCNC(=O)c1sc2c(c1OCc1ccccc1)c(=O)n(C)c1ccccc21. The van der Waals surface area contributed by atoms with Crippen LogP contribution < -0.4 is 15.6 Å². The van der Waals surface area contributed by atoms with Gasteiger partial charge in [0.15, 0.2) is 5.75 Å². The van der Waals surface area contributed by atoms with Crippen LogP contribution in [0, 0.1) is 0 Å². The van der Waals surface area contributed by atoms with Crippen molar-refractivity contribution >= 4 is 38.2 Å². The Kier molecular flexibility index (Phi) is 6.58. The molecule has 2 heterocycles. The van der Waals surface area contributed by atoms with Crippen LogP contribution in [0.2, 0.25) is 0 Å². The minimum Gasteiger partial charge on any atom is -0.486 e. The molecule has 0 saturated carbocycles. The van der Waals surface area contributed by atoms with Gasteiger partial charge in [-0.2, -0.15) is 0 Å². The Labute approximate surface area is 191 Å². The molecule has 0 atom stereocenters. The van der Waals surface area contributed by atoms with E-state index in [-0.39, 0.29) is 18.1 Å². The highest BCUT2D eigenvalue weighted by molar-refractivity contribution is 7.22. The maximum atomic E-state index is 13.3. The molecule has 4 aromatic rings. The van der Waals surface area contributed by atoms with Crippen molar-refractivity contribution in [2.75, 3.05) is 27.2 Å². The number of aromatic nitrogens is 1. The van der Waals surface area contributed by atoms with Gasteiger partial charge in [0, 0.05) is 19.0 Å². The van der Waals surface area contributed by atoms with Crippen LogP contribution in [-0.4, -0.2) is 42.6 Å². The topological polar surface area (TPSA) is 63.6 Å². The van der Waals surface area contributed by atoms with E-state index in [4.69, 9.17) is 4.74 Å². The van der Waals surface area contributed by atoms with Crippen molar-refractivity contribution < 1.29 is 9.53 Å². The van der Waals surface area contributed by atoms with E-state index in [0.717, 1.165) is 34.1 Å². The summed E-state index contributed by atoms with van der Waals surface area (Å²) in [6.07, 6.45) is 0.842. The lowest BCUT2D eigenvalue weighted by Crippen LogP contribution is -2.27. The average molecular weight is 450 g/mol. The van der Waals surface area contributed by atoms with Crippen LogP contribution >= 0.6 is 11.3 Å². The molecule has 0 bridgehead atoms. The Hall–Kier alpha value is -3.16. The molecule has 4 rings (SSSR count). The maximum absolute atomic E-state index is 13.3. The fourth-order valence-corrected chi connectivity index (χ4v) is 4.92. The van der Waals surface area contributed by atoms with Gasteiger partial charge in [0.2, 0.25) is 0 Å². The summed E-state index contributed by atoms with van der Waals surface area (Å²) in [5, 5.41) is 4.39. The first-order valence-corrected chi connectivity index (χ1v) is 11.4. The average Bonchev–Trinajstić information content (AvgIpc) is 3.19. The number of benzene rings is 2. The van der Waals surface area contributed by atoms with Crippen LogP contribution in [0.25, 0.3) is 21.0 Å². The van der Waals surface area contributed by atoms with Crippen molar-refractivity contribution in [3.05, 3.63) is 75.4 Å².